The fourth-order valence-electron chi connectivity index (χ4n) is 3.01. The molecule has 0 radical (unpaired) electrons. The first-order valence-electron chi connectivity index (χ1n) is 7.10. The first kappa shape index (κ1) is 14.9. The van der Waals surface area contributed by atoms with E-state index in [0.29, 0.717) is 6.54 Å². The second-order valence-corrected chi connectivity index (χ2v) is 6.41. The van der Waals surface area contributed by atoms with E-state index in [1.165, 1.54) is 16.0 Å². The Kier molecular flexibility index (Phi) is 4.04. The lowest BCUT2D eigenvalue weighted by molar-refractivity contribution is 0.142. The van der Waals surface area contributed by atoms with Gasteiger partial charge >= 0.3 is 6.03 Å². The summed E-state index contributed by atoms with van der Waals surface area (Å²) in [4.78, 5) is 13.7. The number of nitrogens with zero attached hydrogens (tertiary/aromatic N) is 1. The Labute approximate surface area is 120 Å². The van der Waals surface area contributed by atoms with Crippen molar-refractivity contribution in [2.45, 2.75) is 44.8 Å². The molecule has 0 bridgehead atoms. The number of hydrogen-bond acceptors (Lipinski definition) is 2. The first-order chi connectivity index (χ1) is 9.31. The molecule has 0 aliphatic heterocycles. The molecule has 2 unspecified atom stereocenters. The van der Waals surface area contributed by atoms with Crippen LogP contribution in [0.15, 0.2) is 24.3 Å². The maximum absolute atomic E-state index is 12.2. The zero-order valence-corrected chi connectivity index (χ0v) is 12.7. The standard InChI is InChI=1S/C16H24N2O2/c1-11(19)10-18(4)15(20)17-14-9-16(2,3)13-8-6-5-7-12(13)14/h5-8,11,14,19H,9-10H2,1-4H3,(H,17,20). The fraction of sp³-hybridized carbons (Fsp3) is 0.562. The minimum atomic E-state index is -0.516. The van der Waals surface area contributed by atoms with Crippen LogP contribution in [0.4, 0.5) is 4.79 Å². The van der Waals surface area contributed by atoms with Crippen LogP contribution in [0.1, 0.15) is 44.4 Å². The molecule has 1 aromatic carbocycles. The quantitative estimate of drug-likeness (QED) is 0.891. The van der Waals surface area contributed by atoms with Crippen LogP contribution in [0, 0.1) is 0 Å². The molecule has 0 aromatic heterocycles. The summed E-state index contributed by atoms with van der Waals surface area (Å²) in [6, 6.07) is 8.20. The van der Waals surface area contributed by atoms with E-state index >= 15 is 0 Å². The molecule has 2 atom stereocenters. The molecule has 4 nitrogen and oxygen atoms in total. The van der Waals surface area contributed by atoms with Gasteiger partial charge in [0, 0.05) is 13.6 Å². The van der Waals surface area contributed by atoms with Crippen LogP contribution in [-0.2, 0) is 5.41 Å². The van der Waals surface area contributed by atoms with Crippen molar-refractivity contribution in [2.24, 2.45) is 0 Å². The number of aliphatic hydroxyl groups is 1. The molecule has 20 heavy (non-hydrogen) atoms. The second-order valence-electron chi connectivity index (χ2n) is 6.41. The lowest BCUT2D eigenvalue weighted by Crippen LogP contribution is -2.42. The van der Waals surface area contributed by atoms with Crippen molar-refractivity contribution in [2.75, 3.05) is 13.6 Å². The molecule has 2 amide bonds. The van der Waals surface area contributed by atoms with E-state index < -0.39 is 6.10 Å². The van der Waals surface area contributed by atoms with E-state index in [0.717, 1.165) is 6.42 Å². The highest BCUT2D eigenvalue weighted by Crippen LogP contribution is 2.44. The predicted molar refractivity (Wildman–Crippen MR) is 79.7 cm³/mol. The molecule has 110 valence electrons. The van der Waals surface area contributed by atoms with Gasteiger partial charge in [-0.05, 0) is 29.9 Å². The number of fused-ring (bicyclic) bond motifs is 1. The molecular weight excluding hydrogens is 252 g/mol. The van der Waals surface area contributed by atoms with Gasteiger partial charge in [0.05, 0.1) is 12.1 Å². The van der Waals surface area contributed by atoms with Gasteiger partial charge in [-0.3, -0.25) is 0 Å². The van der Waals surface area contributed by atoms with Crippen molar-refractivity contribution in [1.29, 1.82) is 0 Å². The Balaban J connectivity index is 2.10. The van der Waals surface area contributed by atoms with E-state index in [9.17, 15) is 9.90 Å². The van der Waals surface area contributed by atoms with Crippen molar-refractivity contribution in [3.8, 4) is 0 Å². The van der Waals surface area contributed by atoms with Crippen LogP contribution in [-0.4, -0.2) is 35.7 Å². The van der Waals surface area contributed by atoms with Crippen molar-refractivity contribution in [1.82, 2.24) is 10.2 Å². The highest BCUT2D eigenvalue weighted by molar-refractivity contribution is 5.74. The van der Waals surface area contributed by atoms with Crippen LogP contribution >= 0.6 is 0 Å². The van der Waals surface area contributed by atoms with Crippen LogP contribution in [0.2, 0.25) is 0 Å². The molecule has 0 spiro atoms. The number of amides is 2. The number of benzene rings is 1. The number of aliphatic hydroxyl groups excluding tert-OH is 1. The summed E-state index contributed by atoms with van der Waals surface area (Å²) in [6.07, 6.45) is 0.388. The summed E-state index contributed by atoms with van der Waals surface area (Å²) >= 11 is 0. The summed E-state index contributed by atoms with van der Waals surface area (Å²) in [5.74, 6) is 0. The highest BCUT2D eigenvalue weighted by atomic mass is 16.3. The minimum Gasteiger partial charge on any atom is -0.392 e. The number of carbonyl (C=O) groups excluding carboxylic acids is 1. The monoisotopic (exact) mass is 276 g/mol. The largest absolute Gasteiger partial charge is 0.392 e. The first-order valence-corrected chi connectivity index (χ1v) is 7.10. The van der Waals surface area contributed by atoms with E-state index in [2.05, 4.69) is 31.3 Å². The molecule has 0 heterocycles. The average Bonchev–Trinajstić information content (AvgIpc) is 2.61. The Morgan fingerprint density at radius 1 is 1.50 bits per heavy atom. The third-order valence-electron chi connectivity index (χ3n) is 3.96. The number of likely N-dealkylation sites (N-methyl/N-ethyl adjacent to an activating group) is 1. The SMILES string of the molecule is CC(O)CN(C)C(=O)NC1CC(C)(C)c2ccccc21. The maximum Gasteiger partial charge on any atom is 0.317 e. The smallest absolute Gasteiger partial charge is 0.317 e. The van der Waals surface area contributed by atoms with Gasteiger partial charge in [0.25, 0.3) is 0 Å². The van der Waals surface area contributed by atoms with Gasteiger partial charge in [-0.2, -0.15) is 0 Å². The minimum absolute atomic E-state index is 0.0464. The molecule has 1 aliphatic carbocycles. The summed E-state index contributed by atoms with van der Waals surface area (Å²) in [5.41, 5.74) is 2.59. The molecule has 2 N–H and O–H groups in total. The molecule has 4 heteroatoms. The molecule has 2 rings (SSSR count). The van der Waals surface area contributed by atoms with Crippen molar-refractivity contribution < 1.29 is 9.90 Å². The lowest BCUT2D eigenvalue weighted by atomic mass is 9.86. The molecule has 0 fully saturated rings. The van der Waals surface area contributed by atoms with Gasteiger partial charge in [-0.1, -0.05) is 38.1 Å². The summed E-state index contributed by atoms with van der Waals surface area (Å²) < 4.78 is 0. The number of rotatable bonds is 3. The number of carbonyl (C=O) groups is 1. The topological polar surface area (TPSA) is 52.6 Å². The zero-order chi connectivity index (χ0) is 14.9. The van der Waals surface area contributed by atoms with Crippen LogP contribution in [0.3, 0.4) is 0 Å². The van der Waals surface area contributed by atoms with Gasteiger partial charge in [0.1, 0.15) is 0 Å². The molecule has 0 saturated carbocycles. The van der Waals surface area contributed by atoms with Gasteiger partial charge in [0.15, 0.2) is 0 Å². The molecule has 0 saturated heterocycles. The van der Waals surface area contributed by atoms with E-state index in [4.69, 9.17) is 0 Å². The van der Waals surface area contributed by atoms with E-state index in [1.807, 2.05) is 12.1 Å². The van der Waals surface area contributed by atoms with Gasteiger partial charge < -0.3 is 15.3 Å². The average molecular weight is 276 g/mol. The zero-order valence-electron chi connectivity index (χ0n) is 12.7. The Morgan fingerprint density at radius 3 is 2.80 bits per heavy atom. The van der Waals surface area contributed by atoms with Crippen molar-refractivity contribution in [3.63, 3.8) is 0 Å². The van der Waals surface area contributed by atoms with Crippen LogP contribution < -0.4 is 5.32 Å². The summed E-state index contributed by atoms with van der Waals surface area (Å²) in [7, 11) is 1.70. The van der Waals surface area contributed by atoms with E-state index in [-0.39, 0.29) is 17.5 Å². The molecule has 1 aliphatic rings. The van der Waals surface area contributed by atoms with Gasteiger partial charge in [0.2, 0.25) is 0 Å². The van der Waals surface area contributed by atoms with Gasteiger partial charge in [-0.15, -0.1) is 0 Å². The molecular formula is C16H24N2O2. The number of urea groups is 1. The normalized spacial score (nSPS) is 21.1. The Morgan fingerprint density at radius 2 is 2.15 bits per heavy atom. The third kappa shape index (κ3) is 2.96. The maximum atomic E-state index is 12.2. The van der Waals surface area contributed by atoms with Crippen molar-refractivity contribution in [3.05, 3.63) is 35.4 Å². The van der Waals surface area contributed by atoms with Crippen LogP contribution in [0.25, 0.3) is 0 Å². The Bertz CT molecular complexity index is 497. The van der Waals surface area contributed by atoms with Gasteiger partial charge in [-0.25, -0.2) is 4.79 Å². The summed E-state index contributed by atoms with van der Waals surface area (Å²) in [5, 5.41) is 12.4. The summed E-state index contributed by atoms with van der Waals surface area (Å²) in [6.45, 7) is 6.43. The fourth-order valence-corrected chi connectivity index (χ4v) is 3.01. The third-order valence-corrected chi connectivity index (χ3v) is 3.96. The predicted octanol–water partition coefficient (Wildman–Crippen LogP) is 2.43. The number of nitrogens with one attached hydrogen (secondary N) is 1. The number of hydrogen-bond donors (Lipinski definition) is 2. The second kappa shape index (κ2) is 5.44. The van der Waals surface area contributed by atoms with E-state index in [1.54, 1.807) is 14.0 Å². The Hall–Kier alpha value is -1.55. The van der Waals surface area contributed by atoms with Crippen molar-refractivity contribution >= 4 is 6.03 Å². The molecule has 1 aromatic rings. The lowest BCUT2D eigenvalue weighted by Gasteiger charge is -2.23. The van der Waals surface area contributed by atoms with Crippen LogP contribution in [0.5, 0.6) is 0 Å². The highest BCUT2D eigenvalue weighted by Gasteiger charge is 2.37.